The van der Waals surface area contributed by atoms with Gasteiger partial charge in [-0.2, -0.15) is 5.10 Å². The van der Waals surface area contributed by atoms with Gasteiger partial charge in [0.1, 0.15) is 6.10 Å². The standard InChI is InChI=1S/C18H30N2O3/c1-17(2,18(3,4)12-21-5)11-13-7-8-16(20-19-13)23-15-9-14(10-15)22-6/h7-8,14-15H,9-12H2,1-6H3. The van der Waals surface area contributed by atoms with Crippen LogP contribution in [0.15, 0.2) is 12.1 Å². The van der Waals surface area contributed by atoms with E-state index in [1.165, 1.54) is 0 Å². The van der Waals surface area contributed by atoms with E-state index in [0.29, 0.717) is 12.0 Å². The van der Waals surface area contributed by atoms with Crippen LogP contribution < -0.4 is 4.74 Å². The molecule has 1 aromatic rings. The third-order valence-corrected chi connectivity index (χ3v) is 5.33. The summed E-state index contributed by atoms with van der Waals surface area (Å²) in [6.07, 6.45) is 3.25. The highest BCUT2D eigenvalue weighted by Crippen LogP contribution is 2.41. The fraction of sp³-hybridized carbons (Fsp3) is 0.778. The van der Waals surface area contributed by atoms with E-state index >= 15 is 0 Å². The molecule has 0 aliphatic heterocycles. The zero-order valence-electron chi connectivity index (χ0n) is 15.3. The molecule has 5 nitrogen and oxygen atoms in total. The summed E-state index contributed by atoms with van der Waals surface area (Å²) in [5, 5.41) is 8.56. The first-order chi connectivity index (χ1) is 10.8. The van der Waals surface area contributed by atoms with E-state index in [-0.39, 0.29) is 16.9 Å². The van der Waals surface area contributed by atoms with Crippen molar-refractivity contribution in [2.24, 2.45) is 10.8 Å². The monoisotopic (exact) mass is 322 g/mol. The largest absolute Gasteiger partial charge is 0.473 e. The summed E-state index contributed by atoms with van der Waals surface area (Å²) in [6.45, 7) is 9.67. The summed E-state index contributed by atoms with van der Waals surface area (Å²) in [5.74, 6) is 0.599. The molecule has 1 heterocycles. The average Bonchev–Trinajstić information content (AvgIpc) is 2.43. The fourth-order valence-corrected chi connectivity index (χ4v) is 2.73. The molecule has 1 aliphatic rings. The molecular weight excluding hydrogens is 292 g/mol. The van der Waals surface area contributed by atoms with Gasteiger partial charge in [-0.05, 0) is 23.3 Å². The lowest BCUT2D eigenvalue weighted by Crippen LogP contribution is -2.39. The maximum absolute atomic E-state index is 5.80. The van der Waals surface area contributed by atoms with Crippen LogP contribution in [0.1, 0.15) is 46.2 Å². The molecule has 0 aromatic carbocycles. The number of methoxy groups -OCH3 is 2. The van der Waals surface area contributed by atoms with Gasteiger partial charge in [-0.15, -0.1) is 5.10 Å². The van der Waals surface area contributed by atoms with E-state index in [4.69, 9.17) is 14.2 Å². The highest BCUT2D eigenvalue weighted by atomic mass is 16.5. The maximum Gasteiger partial charge on any atom is 0.233 e. The molecule has 0 saturated heterocycles. The third-order valence-electron chi connectivity index (χ3n) is 5.33. The van der Waals surface area contributed by atoms with Gasteiger partial charge >= 0.3 is 0 Å². The number of hydrogen-bond donors (Lipinski definition) is 0. The lowest BCUT2D eigenvalue weighted by Gasteiger charge is -2.41. The molecule has 1 aromatic heterocycles. The van der Waals surface area contributed by atoms with Crippen molar-refractivity contribution in [3.05, 3.63) is 17.8 Å². The smallest absolute Gasteiger partial charge is 0.233 e. The predicted molar refractivity (Wildman–Crippen MR) is 89.6 cm³/mol. The summed E-state index contributed by atoms with van der Waals surface area (Å²) >= 11 is 0. The van der Waals surface area contributed by atoms with E-state index in [0.717, 1.165) is 31.6 Å². The van der Waals surface area contributed by atoms with Gasteiger partial charge < -0.3 is 14.2 Å². The lowest BCUT2D eigenvalue weighted by atomic mass is 9.66. The fourth-order valence-electron chi connectivity index (χ4n) is 2.73. The molecule has 1 saturated carbocycles. The molecule has 5 heteroatoms. The van der Waals surface area contributed by atoms with Gasteiger partial charge in [0.2, 0.25) is 5.88 Å². The molecule has 1 aliphatic carbocycles. The predicted octanol–water partition coefficient (Wildman–Crippen LogP) is 3.27. The van der Waals surface area contributed by atoms with E-state index in [9.17, 15) is 0 Å². The lowest BCUT2D eigenvalue weighted by molar-refractivity contribution is -0.0400. The van der Waals surface area contributed by atoms with Crippen LogP contribution in [0, 0.1) is 10.8 Å². The van der Waals surface area contributed by atoms with Gasteiger partial charge in [0, 0.05) is 33.1 Å². The molecule has 0 unspecified atom stereocenters. The van der Waals surface area contributed by atoms with Crippen LogP contribution >= 0.6 is 0 Å². The van der Waals surface area contributed by atoms with Crippen molar-refractivity contribution in [1.29, 1.82) is 0 Å². The first-order valence-electron chi connectivity index (χ1n) is 8.28. The van der Waals surface area contributed by atoms with Gasteiger partial charge in [0.05, 0.1) is 18.4 Å². The molecule has 0 amide bonds. The topological polar surface area (TPSA) is 53.5 Å². The zero-order valence-corrected chi connectivity index (χ0v) is 15.3. The zero-order chi connectivity index (χ0) is 17.1. The van der Waals surface area contributed by atoms with Crippen LogP contribution in [-0.4, -0.2) is 43.2 Å². The Kier molecular flexibility index (Phi) is 5.63. The van der Waals surface area contributed by atoms with Crippen LogP contribution in [0.2, 0.25) is 0 Å². The van der Waals surface area contributed by atoms with E-state index in [1.54, 1.807) is 14.2 Å². The Bertz CT molecular complexity index is 493. The third kappa shape index (κ3) is 4.42. The molecule has 0 N–H and O–H groups in total. The summed E-state index contributed by atoms with van der Waals surface area (Å²) < 4.78 is 16.4. The Labute approximate surface area is 139 Å². The second kappa shape index (κ2) is 7.14. The SMILES string of the molecule is COCC(C)(C)C(C)(C)Cc1ccc(OC2CC(OC)C2)nn1. The quantitative estimate of drug-likeness (QED) is 0.735. The second-order valence-corrected chi connectivity index (χ2v) is 7.81. The van der Waals surface area contributed by atoms with E-state index in [1.807, 2.05) is 12.1 Å². The molecule has 0 spiro atoms. The average molecular weight is 322 g/mol. The molecule has 1 fully saturated rings. The Morgan fingerprint density at radius 1 is 1.00 bits per heavy atom. The first-order valence-corrected chi connectivity index (χ1v) is 8.28. The number of rotatable bonds is 8. The van der Waals surface area contributed by atoms with Gasteiger partial charge in [0.15, 0.2) is 0 Å². The Morgan fingerprint density at radius 3 is 2.22 bits per heavy atom. The minimum Gasteiger partial charge on any atom is -0.473 e. The molecule has 0 bridgehead atoms. The minimum atomic E-state index is 0.0553. The van der Waals surface area contributed by atoms with Crippen LogP contribution in [0.4, 0.5) is 0 Å². The summed E-state index contributed by atoms with van der Waals surface area (Å²) in [5.41, 5.74) is 1.09. The van der Waals surface area contributed by atoms with Crippen molar-refractivity contribution in [3.8, 4) is 5.88 Å². The van der Waals surface area contributed by atoms with Gasteiger partial charge in [0.25, 0.3) is 0 Å². The molecule has 2 rings (SSSR count). The molecule has 0 radical (unpaired) electrons. The van der Waals surface area contributed by atoms with Gasteiger partial charge in [-0.3, -0.25) is 0 Å². The van der Waals surface area contributed by atoms with Crippen molar-refractivity contribution >= 4 is 0 Å². The Hall–Kier alpha value is -1.20. The summed E-state index contributed by atoms with van der Waals surface area (Å²) in [4.78, 5) is 0. The highest BCUT2D eigenvalue weighted by molar-refractivity contribution is 5.14. The van der Waals surface area contributed by atoms with Crippen LogP contribution in [0.5, 0.6) is 5.88 Å². The maximum atomic E-state index is 5.80. The Balaban J connectivity index is 1.92. The van der Waals surface area contributed by atoms with Gasteiger partial charge in [-0.25, -0.2) is 0 Å². The number of aromatic nitrogens is 2. The number of ether oxygens (including phenoxy) is 3. The van der Waals surface area contributed by atoms with Crippen molar-refractivity contribution in [2.45, 2.75) is 59.2 Å². The van der Waals surface area contributed by atoms with E-state index < -0.39 is 0 Å². The van der Waals surface area contributed by atoms with Gasteiger partial charge in [-0.1, -0.05) is 27.7 Å². The summed E-state index contributed by atoms with van der Waals surface area (Å²) in [7, 11) is 3.49. The molecular formula is C18H30N2O3. The van der Waals surface area contributed by atoms with Crippen molar-refractivity contribution in [3.63, 3.8) is 0 Å². The van der Waals surface area contributed by atoms with Crippen molar-refractivity contribution in [2.75, 3.05) is 20.8 Å². The summed E-state index contributed by atoms with van der Waals surface area (Å²) in [6, 6.07) is 3.93. The minimum absolute atomic E-state index is 0.0553. The molecule has 0 atom stereocenters. The number of hydrogen-bond acceptors (Lipinski definition) is 5. The van der Waals surface area contributed by atoms with Crippen LogP contribution in [-0.2, 0) is 15.9 Å². The van der Waals surface area contributed by atoms with Crippen molar-refractivity contribution < 1.29 is 14.2 Å². The first kappa shape index (κ1) is 18.1. The Morgan fingerprint density at radius 2 is 1.70 bits per heavy atom. The number of nitrogens with zero attached hydrogens (tertiary/aromatic N) is 2. The van der Waals surface area contributed by atoms with E-state index in [2.05, 4.69) is 37.9 Å². The van der Waals surface area contributed by atoms with Crippen LogP contribution in [0.3, 0.4) is 0 Å². The highest BCUT2D eigenvalue weighted by Gasteiger charge is 2.37. The van der Waals surface area contributed by atoms with Crippen molar-refractivity contribution in [1.82, 2.24) is 10.2 Å². The molecule has 23 heavy (non-hydrogen) atoms. The van der Waals surface area contributed by atoms with Crippen LogP contribution in [0.25, 0.3) is 0 Å². The second-order valence-electron chi connectivity index (χ2n) is 7.81. The molecule has 130 valence electrons. The normalized spacial score (nSPS) is 21.8.